The van der Waals surface area contributed by atoms with Gasteiger partial charge in [-0.15, -0.1) is 0 Å². The highest BCUT2D eigenvalue weighted by molar-refractivity contribution is 5.92. The van der Waals surface area contributed by atoms with Crippen LogP contribution in [0.5, 0.6) is 0 Å². The average molecular weight is 337 g/mol. The lowest BCUT2D eigenvalue weighted by Crippen LogP contribution is -2.31. The van der Waals surface area contributed by atoms with Gasteiger partial charge in [0.15, 0.2) is 0 Å². The van der Waals surface area contributed by atoms with E-state index in [9.17, 15) is 14.4 Å². The molecule has 0 saturated heterocycles. The molecule has 0 saturated carbocycles. The molecule has 1 amide bonds. The summed E-state index contributed by atoms with van der Waals surface area (Å²) in [5, 5.41) is 6.10. The van der Waals surface area contributed by atoms with Crippen molar-refractivity contribution in [1.82, 2.24) is 9.78 Å². The van der Waals surface area contributed by atoms with Gasteiger partial charge >= 0.3 is 0 Å². The number of aromatic amines is 1. The fourth-order valence-corrected chi connectivity index (χ4v) is 2.83. The third-order valence-corrected chi connectivity index (χ3v) is 4.19. The Morgan fingerprint density at radius 2 is 1.64 bits per heavy atom. The monoisotopic (exact) mass is 337 g/mol. The number of anilines is 1. The maximum absolute atomic E-state index is 12.4. The van der Waals surface area contributed by atoms with Crippen molar-refractivity contribution < 1.29 is 4.79 Å². The minimum absolute atomic E-state index is 0.0853. The van der Waals surface area contributed by atoms with Crippen LogP contribution in [0.3, 0.4) is 0 Å². The van der Waals surface area contributed by atoms with Crippen LogP contribution >= 0.6 is 0 Å². The number of carbonyl (C=O) groups excluding carboxylic acids is 1. The van der Waals surface area contributed by atoms with E-state index in [1.165, 1.54) is 4.68 Å². The lowest BCUT2D eigenvalue weighted by molar-refractivity contribution is -0.116. The number of benzene rings is 2. The van der Waals surface area contributed by atoms with Crippen LogP contribution in [0.25, 0.3) is 10.8 Å². The van der Waals surface area contributed by atoms with Gasteiger partial charge in [-0.3, -0.25) is 19.5 Å². The van der Waals surface area contributed by atoms with Crippen LogP contribution in [-0.2, 0) is 11.3 Å². The van der Waals surface area contributed by atoms with Crippen LogP contribution in [0.15, 0.2) is 52.1 Å². The van der Waals surface area contributed by atoms with E-state index in [4.69, 9.17) is 0 Å². The van der Waals surface area contributed by atoms with Crippen LogP contribution in [0, 0.1) is 13.8 Å². The molecule has 0 aliphatic rings. The number of H-pyrrole nitrogens is 1. The minimum atomic E-state index is -0.342. The van der Waals surface area contributed by atoms with Gasteiger partial charge in [0.2, 0.25) is 5.91 Å². The first-order valence-electron chi connectivity index (χ1n) is 8.05. The molecule has 0 radical (unpaired) electrons. The number of carbonyl (C=O) groups is 1. The third kappa shape index (κ3) is 3.38. The molecular weight excluding hydrogens is 318 g/mol. The number of rotatable bonds is 4. The highest BCUT2D eigenvalue weighted by Crippen LogP contribution is 2.19. The topological polar surface area (TPSA) is 84.0 Å². The molecule has 1 heterocycles. The van der Waals surface area contributed by atoms with E-state index in [2.05, 4.69) is 10.4 Å². The Hall–Kier alpha value is -3.15. The highest BCUT2D eigenvalue weighted by atomic mass is 16.2. The van der Waals surface area contributed by atoms with Crippen molar-refractivity contribution in [2.75, 3.05) is 5.32 Å². The average Bonchev–Trinajstić information content (AvgIpc) is 2.60. The molecule has 0 unspecified atom stereocenters. The van der Waals surface area contributed by atoms with Gasteiger partial charge in [0.25, 0.3) is 11.1 Å². The zero-order chi connectivity index (χ0) is 18.0. The Kier molecular flexibility index (Phi) is 4.52. The second-order valence-corrected chi connectivity index (χ2v) is 6.01. The fourth-order valence-electron chi connectivity index (χ4n) is 2.83. The zero-order valence-electron chi connectivity index (χ0n) is 14.1. The summed E-state index contributed by atoms with van der Waals surface area (Å²) >= 11 is 0. The van der Waals surface area contributed by atoms with Crippen molar-refractivity contribution in [3.8, 4) is 0 Å². The van der Waals surface area contributed by atoms with Gasteiger partial charge in [0, 0.05) is 12.1 Å². The Balaban J connectivity index is 1.79. The third-order valence-electron chi connectivity index (χ3n) is 4.19. The smallest absolute Gasteiger partial charge is 0.273 e. The molecule has 6 nitrogen and oxygen atoms in total. The lowest BCUT2D eigenvalue weighted by atomic mass is 10.1. The number of aromatic nitrogens is 2. The number of nitrogens with one attached hydrogen (secondary N) is 2. The second kappa shape index (κ2) is 6.76. The molecule has 0 aliphatic carbocycles. The van der Waals surface area contributed by atoms with Crippen molar-refractivity contribution in [3.63, 3.8) is 0 Å². The van der Waals surface area contributed by atoms with E-state index in [1.54, 1.807) is 24.3 Å². The Bertz CT molecular complexity index is 1040. The van der Waals surface area contributed by atoms with Crippen molar-refractivity contribution in [3.05, 3.63) is 74.3 Å². The number of amides is 1. The van der Waals surface area contributed by atoms with Gasteiger partial charge in [-0.25, -0.2) is 4.68 Å². The molecule has 128 valence electrons. The first kappa shape index (κ1) is 16.7. The summed E-state index contributed by atoms with van der Waals surface area (Å²) in [5.74, 6) is -0.210. The van der Waals surface area contributed by atoms with Gasteiger partial charge in [0.1, 0.15) is 0 Å². The largest absolute Gasteiger partial charge is 0.326 e. The summed E-state index contributed by atoms with van der Waals surface area (Å²) in [7, 11) is 0. The molecule has 0 spiro atoms. The molecule has 3 rings (SSSR count). The van der Waals surface area contributed by atoms with Gasteiger partial charge in [-0.1, -0.05) is 30.3 Å². The number of fused-ring (bicyclic) bond motifs is 1. The molecule has 0 bridgehead atoms. The first-order valence-corrected chi connectivity index (χ1v) is 8.05. The van der Waals surface area contributed by atoms with E-state index < -0.39 is 0 Å². The molecule has 25 heavy (non-hydrogen) atoms. The van der Waals surface area contributed by atoms with Crippen molar-refractivity contribution in [2.45, 2.75) is 26.8 Å². The Labute approximate surface area is 144 Å². The summed E-state index contributed by atoms with van der Waals surface area (Å²) in [4.78, 5) is 36.7. The zero-order valence-corrected chi connectivity index (χ0v) is 14.1. The number of aryl methyl sites for hydroxylation is 3. The Morgan fingerprint density at radius 1 is 1.00 bits per heavy atom. The minimum Gasteiger partial charge on any atom is -0.326 e. The van der Waals surface area contributed by atoms with Gasteiger partial charge in [0.05, 0.1) is 17.3 Å². The maximum atomic E-state index is 12.4. The molecule has 0 fully saturated rings. The van der Waals surface area contributed by atoms with Crippen LogP contribution in [0.1, 0.15) is 17.5 Å². The molecule has 6 heteroatoms. The molecular formula is C19H19N3O3. The predicted molar refractivity (Wildman–Crippen MR) is 98.0 cm³/mol. The summed E-state index contributed by atoms with van der Waals surface area (Å²) < 4.78 is 1.19. The summed E-state index contributed by atoms with van der Waals surface area (Å²) in [6.07, 6.45) is 0.0853. The quantitative estimate of drug-likeness (QED) is 0.766. The van der Waals surface area contributed by atoms with Gasteiger partial charge in [-0.2, -0.15) is 0 Å². The maximum Gasteiger partial charge on any atom is 0.273 e. The van der Waals surface area contributed by atoms with E-state index in [0.717, 1.165) is 16.8 Å². The lowest BCUT2D eigenvalue weighted by Gasteiger charge is -2.12. The van der Waals surface area contributed by atoms with Crippen LogP contribution < -0.4 is 16.4 Å². The number of hydrogen-bond acceptors (Lipinski definition) is 3. The van der Waals surface area contributed by atoms with E-state index in [1.807, 2.05) is 32.0 Å². The fraction of sp³-hybridized carbons (Fsp3) is 0.211. The van der Waals surface area contributed by atoms with Crippen LogP contribution in [-0.4, -0.2) is 15.7 Å². The van der Waals surface area contributed by atoms with Crippen LogP contribution in [0.4, 0.5) is 5.69 Å². The highest BCUT2D eigenvalue weighted by Gasteiger charge is 2.10. The van der Waals surface area contributed by atoms with E-state index >= 15 is 0 Å². The molecule has 3 aromatic rings. The second-order valence-electron chi connectivity index (χ2n) is 6.01. The molecule has 2 N–H and O–H groups in total. The van der Waals surface area contributed by atoms with Crippen LogP contribution in [0.2, 0.25) is 0 Å². The number of para-hydroxylation sites is 1. The summed E-state index contributed by atoms with van der Waals surface area (Å²) in [5.41, 5.74) is 2.08. The van der Waals surface area contributed by atoms with Gasteiger partial charge < -0.3 is 5.32 Å². The molecule has 2 aromatic carbocycles. The van der Waals surface area contributed by atoms with Crippen molar-refractivity contribution in [1.29, 1.82) is 0 Å². The van der Waals surface area contributed by atoms with E-state index in [0.29, 0.717) is 10.8 Å². The van der Waals surface area contributed by atoms with Gasteiger partial charge in [-0.05, 0) is 37.1 Å². The summed E-state index contributed by atoms with van der Waals surface area (Å²) in [6, 6.07) is 12.4. The Morgan fingerprint density at radius 3 is 2.32 bits per heavy atom. The summed E-state index contributed by atoms with van der Waals surface area (Å²) in [6.45, 7) is 3.96. The normalized spacial score (nSPS) is 10.8. The molecule has 0 aliphatic heterocycles. The van der Waals surface area contributed by atoms with E-state index in [-0.39, 0.29) is 30.0 Å². The standard InChI is InChI=1S/C19H19N3O3/c1-12-6-5-7-13(2)17(12)20-16(23)10-11-22-19(25)15-9-4-3-8-14(15)18(24)21-22/h3-9H,10-11H2,1-2H3,(H,20,23)(H,21,24). The number of hydrogen-bond donors (Lipinski definition) is 2. The van der Waals surface area contributed by atoms with Crippen molar-refractivity contribution >= 4 is 22.4 Å². The SMILES string of the molecule is Cc1cccc(C)c1NC(=O)CCn1[nH]c(=O)c2ccccc2c1=O. The predicted octanol–water partition coefficient (Wildman–Crippen LogP) is 2.34. The molecule has 0 atom stereocenters. The van der Waals surface area contributed by atoms with Crippen molar-refractivity contribution in [2.24, 2.45) is 0 Å². The molecule has 1 aromatic heterocycles. The first-order chi connectivity index (χ1) is 12.0. The number of nitrogens with zero attached hydrogens (tertiary/aromatic N) is 1.